The van der Waals surface area contributed by atoms with E-state index in [0.29, 0.717) is 16.4 Å². The lowest BCUT2D eigenvalue weighted by Gasteiger charge is -2.03. The molecule has 3 aromatic rings. The average molecular weight is 247 g/mol. The van der Waals surface area contributed by atoms with E-state index in [1.165, 1.54) is 12.1 Å². The molecule has 0 spiro atoms. The van der Waals surface area contributed by atoms with Crippen LogP contribution in [-0.2, 0) is 0 Å². The van der Waals surface area contributed by atoms with Gasteiger partial charge in [-0.05, 0) is 12.1 Å². The van der Waals surface area contributed by atoms with E-state index in [9.17, 15) is 9.90 Å². The van der Waals surface area contributed by atoms with Gasteiger partial charge in [-0.2, -0.15) is 0 Å². The van der Waals surface area contributed by atoms with Crippen LogP contribution in [0.4, 0.5) is 0 Å². The van der Waals surface area contributed by atoms with Gasteiger partial charge in [0, 0.05) is 16.8 Å². The summed E-state index contributed by atoms with van der Waals surface area (Å²) >= 11 is 5.78. The van der Waals surface area contributed by atoms with Gasteiger partial charge in [0.1, 0.15) is 11.3 Å². The van der Waals surface area contributed by atoms with E-state index >= 15 is 0 Å². The van der Waals surface area contributed by atoms with Crippen molar-refractivity contribution >= 4 is 33.3 Å². The Labute approximate surface area is 101 Å². The minimum atomic E-state index is -0.408. The molecule has 0 aliphatic rings. The van der Waals surface area contributed by atoms with E-state index in [4.69, 9.17) is 16.0 Å². The van der Waals surface area contributed by atoms with Crippen LogP contribution >= 0.6 is 11.6 Å². The number of rotatable bonds is 0. The number of phenolic OH excluding ortho intramolecular Hbond substituents is 1. The third kappa shape index (κ3) is 1.47. The molecule has 84 valence electrons. The smallest absolute Gasteiger partial charge is 0.344 e. The van der Waals surface area contributed by atoms with Gasteiger partial charge in [-0.1, -0.05) is 29.8 Å². The molecule has 1 N–H and O–H groups in total. The molecule has 3 rings (SSSR count). The molecular formula is C13H7ClO3. The second kappa shape index (κ2) is 3.50. The second-order valence-electron chi connectivity index (χ2n) is 3.73. The standard InChI is InChI=1S/C13H7ClO3/c14-10-6-12-9(5-11(10)15)7-3-1-2-4-8(7)13(16)17-12/h1-6,15H. The molecule has 0 aliphatic heterocycles. The van der Waals surface area contributed by atoms with E-state index in [1.54, 1.807) is 12.1 Å². The summed E-state index contributed by atoms with van der Waals surface area (Å²) in [4.78, 5) is 11.7. The number of halogens is 1. The first-order valence-corrected chi connectivity index (χ1v) is 5.38. The first kappa shape index (κ1) is 10.2. The fraction of sp³-hybridized carbons (Fsp3) is 0. The summed E-state index contributed by atoms with van der Waals surface area (Å²) < 4.78 is 5.16. The topological polar surface area (TPSA) is 50.4 Å². The van der Waals surface area contributed by atoms with E-state index in [1.807, 2.05) is 12.1 Å². The van der Waals surface area contributed by atoms with Gasteiger partial charge in [-0.3, -0.25) is 0 Å². The van der Waals surface area contributed by atoms with Crippen molar-refractivity contribution in [2.75, 3.05) is 0 Å². The predicted molar refractivity (Wildman–Crippen MR) is 66.7 cm³/mol. The zero-order valence-electron chi connectivity index (χ0n) is 8.61. The summed E-state index contributed by atoms with van der Waals surface area (Å²) in [7, 11) is 0. The molecular weight excluding hydrogens is 240 g/mol. The molecule has 0 unspecified atom stereocenters. The van der Waals surface area contributed by atoms with Gasteiger partial charge in [-0.25, -0.2) is 4.79 Å². The Bertz CT molecular complexity index is 790. The maximum absolute atomic E-state index is 11.7. The number of fused-ring (bicyclic) bond motifs is 3. The molecule has 0 saturated heterocycles. The van der Waals surface area contributed by atoms with Crippen molar-refractivity contribution < 1.29 is 9.52 Å². The Kier molecular flexibility index (Phi) is 2.09. The lowest BCUT2D eigenvalue weighted by atomic mass is 10.1. The maximum Gasteiger partial charge on any atom is 0.344 e. The van der Waals surface area contributed by atoms with Crippen molar-refractivity contribution in [1.82, 2.24) is 0 Å². The summed E-state index contributed by atoms with van der Waals surface area (Å²) in [5, 5.41) is 11.7. The summed E-state index contributed by atoms with van der Waals surface area (Å²) in [6.07, 6.45) is 0. The molecule has 0 aliphatic carbocycles. The van der Waals surface area contributed by atoms with Crippen molar-refractivity contribution in [3.63, 3.8) is 0 Å². The average Bonchev–Trinajstić information content (AvgIpc) is 2.32. The van der Waals surface area contributed by atoms with Crippen LogP contribution in [0.5, 0.6) is 5.75 Å². The Morgan fingerprint density at radius 3 is 2.53 bits per heavy atom. The molecule has 0 radical (unpaired) electrons. The van der Waals surface area contributed by atoms with Gasteiger partial charge in [0.2, 0.25) is 0 Å². The predicted octanol–water partition coefficient (Wildman–Crippen LogP) is 3.31. The molecule has 4 heteroatoms. The minimum Gasteiger partial charge on any atom is -0.506 e. The van der Waals surface area contributed by atoms with Crippen molar-refractivity contribution in [2.24, 2.45) is 0 Å². The summed E-state index contributed by atoms with van der Waals surface area (Å²) in [5.41, 5.74) is -0.0358. The zero-order chi connectivity index (χ0) is 12.0. The Balaban J connectivity index is 2.64. The van der Waals surface area contributed by atoms with E-state index in [-0.39, 0.29) is 10.8 Å². The van der Waals surface area contributed by atoms with Crippen molar-refractivity contribution in [3.8, 4) is 5.75 Å². The van der Waals surface area contributed by atoms with Crippen molar-refractivity contribution in [2.45, 2.75) is 0 Å². The van der Waals surface area contributed by atoms with Crippen LogP contribution in [0.15, 0.2) is 45.6 Å². The highest BCUT2D eigenvalue weighted by Gasteiger charge is 2.09. The van der Waals surface area contributed by atoms with Crippen LogP contribution in [0.3, 0.4) is 0 Å². The normalized spacial score (nSPS) is 11.1. The highest BCUT2D eigenvalue weighted by atomic mass is 35.5. The van der Waals surface area contributed by atoms with Crippen molar-refractivity contribution in [3.05, 3.63) is 51.8 Å². The van der Waals surface area contributed by atoms with E-state index in [0.717, 1.165) is 5.39 Å². The van der Waals surface area contributed by atoms with Crippen LogP contribution in [0.25, 0.3) is 21.7 Å². The van der Waals surface area contributed by atoms with Gasteiger partial charge in [-0.15, -0.1) is 0 Å². The Hall–Kier alpha value is -2.00. The molecule has 0 fully saturated rings. The molecule has 0 atom stereocenters. The minimum absolute atomic E-state index is 0.0295. The van der Waals surface area contributed by atoms with Crippen molar-refractivity contribution in [1.29, 1.82) is 0 Å². The highest BCUT2D eigenvalue weighted by Crippen LogP contribution is 2.31. The SMILES string of the molecule is O=c1oc2cc(Cl)c(O)cc2c2ccccc12. The third-order valence-corrected chi connectivity index (χ3v) is 2.99. The lowest BCUT2D eigenvalue weighted by molar-refractivity contribution is 0.475. The van der Waals surface area contributed by atoms with Gasteiger partial charge in [0.25, 0.3) is 0 Å². The molecule has 0 amide bonds. The number of hydrogen-bond acceptors (Lipinski definition) is 3. The summed E-state index contributed by atoms with van der Waals surface area (Å²) in [6, 6.07) is 10.0. The monoisotopic (exact) mass is 246 g/mol. The first-order valence-electron chi connectivity index (χ1n) is 5.01. The fourth-order valence-electron chi connectivity index (χ4n) is 1.89. The van der Waals surface area contributed by atoms with E-state index in [2.05, 4.69) is 0 Å². The van der Waals surface area contributed by atoms with Crippen LogP contribution in [0.1, 0.15) is 0 Å². The molecule has 2 aromatic carbocycles. The Morgan fingerprint density at radius 1 is 1.06 bits per heavy atom. The van der Waals surface area contributed by atoms with Gasteiger partial charge in [0.05, 0.1) is 10.4 Å². The molecule has 0 bridgehead atoms. The maximum atomic E-state index is 11.7. The molecule has 1 heterocycles. The summed E-state index contributed by atoms with van der Waals surface area (Å²) in [5.74, 6) is -0.0295. The zero-order valence-corrected chi connectivity index (χ0v) is 9.36. The van der Waals surface area contributed by atoms with Crippen LogP contribution in [0.2, 0.25) is 5.02 Å². The number of aromatic hydroxyl groups is 1. The Morgan fingerprint density at radius 2 is 1.76 bits per heavy atom. The molecule has 3 nitrogen and oxygen atoms in total. The molecule has 17 heavy (non-hydrogen) atoms. The quantitative estimate of drug-likeness (QED) is 0.489. The van der Waals surface area contributed by atoms with Gasteiger partial charge >= 0.3 is 5.63 Å². The molecule has 0 saturated carbocycles. The third-order valence-electron chi connectivity index (χ3n) is 2.69. The highest BCUT2D eigenvalue weighted by molar-refractivity contribution is 6.33. The molecule has 1 aromatic heterocycles. The second-order valence-corrected chi connectivity index (χ2v) is 4.14. The van der Waals surface area contributed by atoms with Crippen LogP contribution in [0, 0.1) is 0 Å². The number of benzene rings is 2. The number of hydrogen-bond donors (Lipinski definition) is 1. The van der Waals surface area contributed by atoms with Gasteiger partial charge < -0.3 is 9.52 Å². The van der Waals surface area contributed by atoms with Crippen LogP contribution < -0.4 is 5.63 Å². The van der Waals surface area contributed by atoms with Crippen LogP contribution in [-0.4, -0.2) is 5.11 Å². The first-order chi connectivity index (χ1) is 8.16. The largest absolute Gasteiger partial charge is 0.506 e. The number of phenols is 1. The van der Waals surface area contributed by atoms with Gasteiger partial charge in [0.15, 0.2) is 0 Å². The summed E-state index contributed by atoms with van der Waals surface area (Å²) in [6.45, 7) is 0. The fourth-order valence-corrected chi connectivity index (χ4v) is 2.04. The lowest BCUT2D eigenvalue weighted by Crippen LogP contribution is -1.99. The van der Waals surface area contributed by atoms with E-state index < -0.39 is 5.63 Å².